The molecule has 1 aliphatic rings. The zero-order valence-electron chi connectivity index (χ0n) is 11.8. The molecule has 4 nitrogen and oxygen atoms in total. The van der Waals surface area contributed by atoms with Crippen LogP contribution in [0.1, 0.15) is 22.3 Å². The lowest BCUT2D eigenvalue weighted by Crippen LogP contribution is -2.35. The van der Waals surface area contributed by atoms with Crippen molar-refractivity contribution in [2.75, 3.05) is 38.6 Å². The summed E-state index contributed by atoms with van der Waals surface area (Å²) in [4.78, 5) is 16.6. The molecule has 0 aromatic heterocycles. The average molecular weight is 297 g/mol. The number of halogens is 1. The largest absolute Gasteiger partial charge is 0.507 e. The Morgan fingerprint density at radius 2 is 2.10 bits per heavy atom. The highest BCUT2D eigenvalue weighted by molar-refractivity contribution is 6.18. The van der Waals surface area contributed by atoms with Crippen molar-refractivity contribution in [3.63, 3.8) is 0 Å². The molecule has 1 aromatic rings. The first kappa shape index (κ1) is 15.1. The van der Waals surface area contributed by atoms with Crippen LogP contribution in [0.2, 0.25) is 0 Å². The van der Waals surface area contributed by atoms with Gasteiger partial charge in [0.2, 0.25) is 0 Å². The maximum absolute atomic E-state index is 12.5. The fourth-order valence-electron chi connectivity index (χ4n) is 2.51. The third kappa shape index (κ3) is 3.64. The van der Waals surface area contributed by atoms with Crippen LogP contribution in [0.3, 0.4) is 0 Å². The maximum Gasteiger partial charge on any atom is 0.257 e. The van der Waals surface area contributed by atoms with E-state index in [1.54, 1.807) is 18.2 Å². The summed E-state index contributed by atoms with van der Waals surface area (Å²) in [5.74, 6) is 0.591. The monoisotopic (exact) mass is 296 g/mol. The van der Waals surface area contributed by atoms with E-state index in [-0.39, 0.29) is 11.7 Å². The van der Waals surface area contributed by atoms with E-state index >= 15 is 0 Å². The molecular formula is C15H21ClN2O2. The molecule has 0 aliphatic carbocycles. The third-order valence-corrected chi connectivity index (χ3v) is 3.83. The number of aromatic hydroxyl groups is 1. The molecule has 1 heterocycles. The number of hydrogen-bond donors (Lipinski definition) is 1. The molecule has 5 heteroatoms. The first-order valence-corrected chi connectivity index (χ1v) is 7.52. The average Bonchev–Trinajstić information content (AvgIpc) is 2.67. The Bertz CT molecular complexity index is 479. The highest BCUT2D eigenvalue weighted by Gasteiger charge is 2.22. The normalized spacial score (nSPS) is 17.0. The van der Waals surface area contributed by atoms with Gasteiger partial charge in [-0.3, -0.25) is 4.79 Å². The molecule has 0 bridgehead atoms. The fraction of sp³-hybridized carbons (Fsp3) is 0.533. The predicted molar refractivity (Wildman–Crippen MR) is 80.5 cm³/mol. The van der Waals surface area contributed by atoms with Crippen LogP contribution in [0.5, 0.6) is 5.75 Å². The van der Waals surface area contributed by atoms with E-state index in [1.807, 2.05) is 11.8 Å². The van der Waals surface area contributed by atoms with Gasteiger partial charge < -0.3 is 14.9 Å². The number of carbonyl (C=O) groups is 1. The lowest BCUT2D eigenvalue weighted by atomic mass is 10.1. The minimum atomic E-state index is -0.0843. The summed E-state index contributed by atoms with van der Waals surface area (Å²) in [6, 6.07) is 5.13. The fourth-order valence-corrected chi connectivity index (χ4v) is 2.75. The minimum absolute atomic E-state index is 0.0578. The van der Waals surface area contributed by atoms with Crippen LogP contribution >= 0.6 is 11.6 Å². The van der Waals surface area contributed by atoms with Crippen LogP contribution < -0.4 is 0 Å². The van der Waals surface area contributed by atoms with Crippen LogP contribution in [0.4, 0.5) is 0 Å². The van der Waals surface area contributed by atoms with Gasteiger partial charge in [0.15, 0.2) is 0 Å². The molecule has 1 fully saturated rings. The molecule has 1 saturated heterocycles. The van der Waals surface area contributed by atoms with Gasteiger partial charge in [0.25, 0.3) is 5.91 Å². The number of hydrogen-bond acceptors (Lipinski definition) is 3. The van der Waals surface area contributed by atoms with Crippen LogP contribution in [0.25, 0.3) is 0 Å². The first-order valence-electron chi connectivity index (χ1n) is 6.99. The van der Waals surface area contributed by atoms with Crippen LogP contribution in [0.15, 0.2) is 18.2 Å². The summed E-state index contributed by atoms with van der Waals surface area (Å²) in [5, 5.41) is 9.87. The van der Waals surface area contributed by atoms with Crippen LogP contribution in [-0.2, 0) is 0 Å². The van der Waals surface area contributed by atoms with E-state index in [2.05, 4.69) is 4.90 Å². The summed E-state index contributed by atoms with van der Waals surface area (Å²) in [6.45, 7) is 6.00. The first-order chi connectivity index (χ1) is 9.61. The second-order valence-electron chi connectivity index (χ2n) is 5.20. The second-order valence-corrected chi connectivity index (χ2v) is 5.57. The van der Waals surface area contributed by atoms with Gasteiger partial charge in [0.05, 0.1) is 5.56 Å². The van der Waals surface area contributed by atoms with Crippen molar-refractivity contribution in [2.24, 2.45) is 0 Å². The number of rotatable bonds is 3. The number of nitrogens with zero attached hydrogens (tertiary/aromatic N) is 2. The van der Waals surface area contributed by atoms with Crippen molar-refractivity contribution < 1.29 is 9.90 Å². The quantitative estimate of drug-likeness (QED) is 0.869. The minimum Gasteiger partial charge on any atom is -0.507 e. The van der Waals surface area contributed by atoms with Gasteiger partial charge in [-0.25, -0.2) is 0 Å². The Kier molecular flexibility index (Phi) is 5.26. The number of alkyl halides is 1. The van der Waals surface area contributed by atoms with Crippen molar-refractivity contribution in [3.8, 4) is 5.75 Å². The summed E-state index contributed by atoms with van der Waals surface area (Å²) in [5.41, 5.74) is 1.38. The van der Waals surface area contributed by atoms with E-state index in [1.165, 1.54) is 0 Å². The van der Waals surface area contributed by atoms with Gasteiger partial charge in [-0.2, -0.15) is 0 Å². The van der Waals surface area contributed by atoms with Gasteiger partial charge in [0, 0.05) is 32.1 Å². The molecular weight excluding hydrogens is 276 g/mol. The molecule has 1 N–H and O–H groups in total. The molecule has 2 rings (SSSR count). The van der Waals surface area contributed by atoms with E-state index < -0.39 is 0 Å². The van der Waals surface area contributed by atoms with Crippen LogP contribution in [0, 0.1) is 6.92 Å². The molecule has 1 amide bonds. The Hall–Kier alpha value is -1.26. The molecule has 1 aromatic carbocycles. The van der Waals surface area contributed by atoms with Gasteiger partial charge in [0.1, 0.15) is 5.75 Å². The van der Waals surface area contributed by atoms with Crippen molar-refractivity contribution >= 4 is 17.5 Å². The lowest BCUT2D eigenvalue weighted by molar-refractivity contribution is 0.0758. The molecule has 110 valence electrons. The van der Waals surface area contributed by atoms with Crippen molar-refractivity contribution in [2.45, 2.75) is 13.3 Å². The number of amides is 1. The van der Waals surface area contributed by atoms with E-state index in [4.69, 9.17) is 11.6 Å². The summed E-state index contributed by atoms with van der Waals surface area (Å²) in [7, 11) is 0. The SMILES string of the molecule is Cc1ccc(O)c(C(=O)N2CCCN(CCCl)CC2)c1. The molecule has 0 unspecified atom stereocenters. The Labute approximate surface area is 124 Å². The highest BCUT2D eigenvalue weighted by atomic mass is 35.5. The number of phenols is 1. The van der Waals surface area contributed by atoms with Gasteiger partial charge >= 0.3 is 0 Å². The summed E-state index contributed by atoms with van der Waals surface area (Å²) in [6.07, 6.45) is 0.940. The van der Waals surface area contributed by atoms with E-state index in [0.717, 1.165) is 38.2 Å². The topological polar surface area (TPSA) is 43.8 Å². The Balaban J connectivity index is 2.07. The summed E-state index contributed by atoms with van der Waals surface area (Å²) < 4.78 is 0. The van der Waals surface area contributed by atoms with Gasteiger partial charge in [-0.1, -0.05) is 11.6 Å². The summed E-state index contributed by atoms with van der Waals surface area (Å²) >= 11 is 5.77. The number of carbonyl (C=O) groups excluding carboxylic acids is 1. The smallest absolute Gasteiger partial charge is 0.257 e. The molecule has 0 radical (unpaired) electrons. The van der Waals surface area contributed by atoms with Crippen molar-refractivity contribution in [1.29, 1.82) is 0 Å². The zero-order chi connectivity index (χ0) is 14.5. The third-order valence-electron chi connectivity index (χ3n) is 3.66. The Morgan fingerprint density at radius 1 is 1.30 bits per heavy atom. The highest BCUT2D eigenvalue weighted by Crippen LogP contribution is 2.20. The molecule has 20 heavy (non-hydrogen) atoms. The Morgan fingerprint density at radius 3 is 2.85 bits per heavy atom. The van der Waals surface area contributed by atoms with Gasteiger partial charge in [-0.05, 0) is 32.0 Å². The number of phenolic OH excluding ortho intramolecular Hbond substituents is 1. The molecule has 0 atom stereocenters. The molecule has 0 spiro atoms. The lowest BCUT2D eigenvalue weighted by Gasteiger charge is -2.22. The maximum atomic E-state index is 12.5. The zero-order valence-corrected chi connectivity index (χ0v) is 12.6. The number of aryl methyl sites for hydroxylation is 1. The number of benzene rings is 1. The van der Waals surface area contributed by atoms with Crippen LogP contribution in [-0.4, -0.2) is 59.4 Å². The van der Waals surface area contributed by atoms with Gasteiger partial charge in [-0.15, -0.1) is 11.6 Å². The molecule has 1 aliphatic heterocycles. The standard InChI is InChI=1S/C15H21ClN2O2/c1-12-3-4-14(19)13(11-12)15(20)18-7-2-6-17(8-5-16)9-10-18/h3-4,11,19H,2,5-10H2,1H3. The van der Waals surface area contributed by atoms with Crippen molar-refractivity contribution in [3.05, 3.63) is 29.3 Å². The van der Waals surface area contributed by atoms with E-state index in [9.17, 15) is 9.90 Å². The molecule has 0 saturated carbocycles. The second kappa shape index (κ2) is 6.95. The van der Waals surface area contributed by atoms with E-state index in [0.29, 0.717) is 18.0 Å². The van der Waals surface area contributed by atoms with Crippen molar-refractivity contribution in [1.82, 2.24) is 9.80 Å². The predicted octanol–water partition coefficient (Wildman–Crippen LogP) is 2.09.